The highest BCUT2D eigenvalue weighted by Gasteiger charge is 2.23. The van der Waals surface area contributed by atoms with Gasteiger partial charge >= 0.3 is 0 Å². The molecule has 15 rings (SSSR count). The summed E-state index contributed by atoms with van der Waals surface area (Å²) in [5.41, 5.74) is 12.3. The van der Waals surface area contributed by atoms with Crippen LogP contribution in [-0.4, -0.2) is 4.57 Å². The van der Waals surface area contributed by atoms with Crippen molar-refractivity contribution in [3.63, 3.8) is 0 Å². The van der Waals surface area contributed by atoms with Crippen molar-refractivity contribution in [2.24, 2.45) is 0 Å². The van der Waals surface area contributed by atoms with Crippen LogP contribution in [0.15, 0.2) is 261 Å². The third kappa shape index (κ3) is 7.00. The molecule has 0 spiro atoms. The standard InChI is InChI=1S/C68H43N3S2/c1-2-18-50(19-3-1)71-63-23-11-8-20-57(63)62-40-48(28-35-64(62)71)49-38-55(69(51-29-26-44-14-4-6-16-46(44)36-51)53-31-33-60-58-21-9-12-24-65(58)72-67(60)42-53)41-56(39-49)70(52-30-27-45-15-5-7-17-47(45)37-52)54-32-34-61-59-22-10-13-25-66(59)73-68(61)43-54/h1-43H. The number of para-hydroxylation sites is 2. The Kier molecular flexibility index (Phi) is 9.62. The van der Waals surface area contributed by atoms with E-state index in [4.69, 9.17) is 0 Å². The molecule has 0 saturated heterocycles. The lowest BCUT2D eigenvalue weighted by atomic mass is 9.99. The van der Waals surface area contributed by atoms with Crippen LogP contribution < -0.4 is 9.80 Å². The van der Waals surface area contributed by atoms with Gasteiger partial charge in [-0.3, -0.25) is 0 Å². The summed E-state index contributed by atoms with van der Waals surface area (Å²) in [4.78, 5) is 4.94. The van der Waals surface area contributed by atoms with Crippen molar-refractivity contribution in [3.8, 4) is 16.8 Å². The second-order valence-electron chi connectivity index (χ2n) is 18.9. The van der Waals surface area contributed by atoms with Gasteiger partial charge < -0.3 is 14.4 Å². The van der Waals surface area contributed by atoms with Crippen LogP contribution in [-0.2, 0) is 0 Å². The number of fused-ring (bicyclic) bond motifs is 11. The van der Waals surface area contributed by atoms with Gasteiger partial charge in [-0.1, -0.05) is 152 Å². The van der Waals surface area contributed by atoms with E-state index in [2.05, 4.69) is 275 Å². The van der Waals surface area contributed by atoms with Crippen LogP contribution in [0, 0.1) is 0 Å². The van der Waals surface area contributed by atoms with Crippen LogP contribution >= 0.6 is 22.7 Å². The number of anilines is 6. The molecule has 3 aromatic heterocycles. The molecule has 0 N–H and O–H groups in total. The molecule has 0 amide bonds. The predicted octanol–water partition coefficient (Wildman–Crippen LogP) is 20.4. The summed E-state index contributed by atoms with van der Waals surface area (Å²) in [6.07, 6.45) is 0. The maximum absolute atomic E-state index is 2.47. The van der Waals surface area contributed by atoms with Crippen LogP contribution in [0.4, 0.5) is 34.1 Å². The van der Waals surface area contributed by atoms with E-state index >= 15 is 0 Å². The van der Waals surface area contributed by atoms with Gasteiger partial charge in [-0.15, -0.1) is 22.7 Å². The topological polar surface area (TPSA) is 11.4 Å². The van der Waals surface area contributed by atoms with E-state index in [9.17, 15) is 0 Å². The molecule has 0 aliphatic carbocycles. The summed E-state index contributed by atoms with van der Waals surface area (Å²) in [5.74, 6) is 0. The number of thiophene rings is 2. The Morgan fingerprint density at radius 2 is 0.699 bits per heavy atom. The molecule has 15 aromatic rings. The molecule has 73 heavy (non-hydrogen) atoms. The maximum Gasteiger partial charge on any atom is 0.0541 e. The fourth-order valence-corrected chi connectivity index (χ4v) is 13.5. The Morgan fingerprint density at radius 1 is 0.247 bits per heavy atom. The second kappa shape index (κ2) is 16.8. The van der Waals surface area contributed by atoms with Gasteiger partial charge in [0.15, 0.2) is 0 Å². The number of benzene rings is 12. The summed E-state index contributed by atoms with van der Waals surface area (Å²) in [7, 11) is 0. The molecule has 12 aromatic carbocycles. The zero-order valence-corrected chi connectivity index (χ0v) is 41.1. The van der Waals surface area contributed by atoms with E-state index in [1.165, 1.54) is 83.7 Å². The Bertz CT molecular complexity index is 4440. The molecule has 0 aliphatic heterocycles. The molecule has 0 radical (unpaired) electrons. The van der Waals surface area contributed by atoms with Gasteiger partial charge in [0.25, 0.3) is 0 Å². The minimum atomic E-state index is 1.06. The van der Waals surface area contributed by atoms with Gasteiger partial charge in [0.1, 0.15) is 0 Å². The van der Waals surface area contributed by atoms with Gasteiger partial charge in [-0.25, -0.2) is 0 Å². The Hall–Kier alpha value is -9.00. The van der Waals surface area contributed by atoms with Crippen molar-refractivity contribution in [1.82, 2.24) is 4.57 Å². The van der Waals surface area contributed by atoms with Crippen LogP contribution in [0.2, 0.25) is 0 Å². The molecule has 3 heterocycles. The third-order valence-corrected chi connectivity index (χ3v) is 16.9. The SMILES string of the molecule is c1ccc(-n2c3ccccc3c3cc(-c4cc(N(c5ccc6ccccc6c5)c5ccc6c(c5)sc5ccccc56)cc(N(c5ccc6ccccc6c5)c5ccc6c(c5)sc5ccccc56)c4)ccc32)cc1. The lowest BCUT2D eigenvalue weighted by Gasteiger charge is -2.31. The zero-order valence-electron chi connectivity index (χ0n) is 39.5. The third-order valence-electron chi connectivity index (χ3n) is 14.7. The molecule has 0 aliphatic rings. The van der Waals surface area contributed by atoms with Crippen molar-refractivity contribution >= 4 is 140 Å². The van der Waals surface area contributed by atoms with Crippen LogP contribution in [0.5, 0.6) is 0 Å². The van der Waals surface area contributed by atoms with Crippen LogP contribution in [0.3, 0.4) is 0 Å². The van der Waals surface area contributed by atoms with E-state index in [0.29, 0.717) is 0 Å². The van der Waals surface area contributed by atoms with Gasteiger partial charge in [0.2, 0.25) is 0 Å². The monoisotopic (exact) mass is 965 g/mol. The minimum Gasteiger partial charge on any atom is -0.310 e. The first-order valence-electron chi connectivity index (χ1n) is 24.8. The zero-order chi connectivity index (χ0) is 48.0. The first-order valence-corrected chi connectivity index (χ1v) is 26.4. The first-order chi connectivity index (χ1) is 36.1. The van der Waals surface area contributed by atoms with E-state index in [0.717, 1.165) is 50.9 Å². The summed E-state index contributed by atoms with van der Waals surface area (Å²) < 4.78 is 7.50. The molecule has 0 unspecified atom stereocenters. The highest BCUT2D eigenvalue weighted by Crippen LogP contribution is 2.48. The van der Waals surface area contributed by atoms with Crippen molar-refractivity contribution in [3.05, 3.63) is 261 Å². The molecule has 5 heteroatoms. The number of nitrogens with zero attached hydrogens (tertiary/aromatic N) is 3. The number of hydrogen-bond donors (Lipinski definition) is 0. The highest BCUT2D eigenvalue weighted by molar-refractivity contribution is 7.26. The number of aromatic nitrogens is 1. The average Bonchev–Trinajstić information content (AvgIpc) is 4.12. The highest BCUT2D eigenvalue weighted by atomic mass is 32.1. The molecule has 3 nitrogen and oxygen atoms in total. The van der Waals surface area contributed by atoms with Gasteiger partial charge in [-0.2, -0.15) is 0 Å². The Labute approximate surface area is 429 Å². The van der Waals surface area contributed by atoms with E-state index in [1.807, 2.05) is 22.7 Å². The summed E-state index contributed by atoms with van der Waals surface area (Å²) in [6.45, 7) is 0. The van der Waals surface area contributed by atoms with E-state index in [-0.39, 0.29) is 0 Å². The molecule has 342 valence electrons. The molecule has 0 fully saturated rings. The quantitative estimate of drug-likeness (QED) is 0.150. The van der Waals surface area contributed by atoms with Gasteiger partial charge in [-0.05, 0) is 142 Å². The van der Waals surface area contributed by atoms with Crippen molar-refractivity contribution in [2.75, 3.05) is 9.80 Å². The molecule has 0 bridgehead atoms. The second-order valence-corrected chi connectivity index (χ2v) is 21.1. The van der Waals surface area contributed by atoms with Gasteiger partial charge in [0.05, 0.1) is 11.0 Å². The summed E-state index contributed by atoms with van der Waals surface area (Å²) >= 11 is 3.72. The van der Waals surface area contributed by atoms with Crippen molar-refractivity contribution in [2.45, 2.75) is 0 Å². The normalized spacial score (nSPS) is 11.8. The smallest absolute Gasteiger partial charge is 0.0541 e. The minimum absolute atomic E-state index is 1.06. The van der Waals surface area contributed by atoms with Crippen molar-refractivity contribution < 1.29 is 0 Å². The fourth-order valence-electron chi connectivity index (χ4n) is 11.3. The summed E-state index contributed by atoms with van der Waals surface area (Å²) in [6, 6.07) is 96.5. The fraction of sp³-hybridized carbons (Fsp3) is 0. The summed E-state index contributed by atoms with van der Waals surface area (Å²) in [5, 5.41) is 12.4. The van der Waals surface area contributed by atoms with Crippen LogP contribution in [0.25, 0.3) is 101 Å². The first kappa shape index (κ1) is 41.8. The Balaban J connectivity index is 1.01. The number of rotatable bonds is 8. The predicted molar refractivity (Wildman–Crippen MR) is 316 cm³/mol. The van der Waals surface area contributed by atoms with E-state index < -0.39 is 0 Å². The molecular weight excluding hydrogens is 923 g/mol. The maximum atomic E-state index is 2.47. The van der Waals surface area contributed by atoms with Crippen molar-refractivity contribution in [1.29, 1.82) is 0 Å². The molecular formula is C68H43N3S2. The average molecular weight is 966 g/mol. The van der Waals surface area contributed by atoms with Crippen LogP contribution in [0.1, 0.15) is 0 Å². The lowest BCUT2D eigenvalue weighted by molar-refractivity contribution is 1.18. The van der Waals surface area contributed by atoms with E-state index in [1.54, 1.807) is 0 Å². The molecule has 0 atom stereocenters. The largest absolute Gasteiger partial charge is 0.310 e. The lowest BCUT2D eigenvalue weighted by Crippen LogP contribution is -2.13. The molecule has 0 saturated carbocycles. The Morgan fingerprint density at radius 3 is 1.29 bits per heavy atom. The van der Waals surface area contributed by atoms with Gasteiger partial charge in [0, 0.05) is 90.9 Å². The number of hydrogen-bond acceptors (Lipinski definition) is 4.